The van der Waals surface area contributed by atoms with Crippen LogP contribution in [-0.4, -0.2) is 67.6 Å². The minimum Gasteiger partial charge on any atom is -0.294 e. The predicted octanol–water partition coefficient (Wildman–Crippen LogP) is 8.90. The summed E-state index contributed by atoms with van der Waals surface area (Å²) in [5.41, 5.74) is -4.54. The molecule has 0 spiro atoms. The standard InChI is InChI=1S/C30H15ClF14O6S/c31-52(50,51)15-9-10-16(19(11-15)14-5-2-1-3-6-14)17-7-4-8-18(20(46)12-22(48)25(32,33)27(36,37)29(40,41)42)24(17)21(47)13-23(49)26(34,35)28(38,39)30(43,44)45/h1-11H,12-13H2. The molecular formula is C30H15ClF14O6S. The van der Waals surface area contributed by atoms with Gasteiger partial charge in [0.1, 0.15) is 0 Å². The minimum absolute atomic E-state index is 0.0198. The van der Waals surface area contributed by atoms with Gasteiger partial charge >= 0.3 is 36.0 Å². The molecule has 22 heteroatoms. The monoisotopic (exact) mass is 804 g/mol. The Labute approximate surface area is 285 Å². The molecule has 0 aromatic heterocycles. The van der Waals surface area contributed by atoms with Crippen molar-refractivity contribution in [2.24, 2.45) is 0 Å². The summed E-state index contributed by atoms with van der Waals surface area (Å²) in [6, 6.07) is 10.8. The third-order valence-corrected chi connectivity index (χ3v) is 8.49. The Hall–Kier alpha value is -4.40. The number of hydrogen-bond acceptors (Lipinski definition) is 6. The lowest BCUT2D eigenvalue weighted by Crippen LogP contribution is -2.56. The highest BCUT2D eigenvalue weighted by Crippen LogP contribution is 2.49. The number of Topliss-reactive ketones (excluding diaryl/α,β-unsaturated/α-hetero) is 4. The first-order valence-corrected chi connectivity index (χ1v) is 15.8. The van der Waals surface area contributed by atoms with Crippen molar-refractivity contribution in [2.45, 2.75) is 53.8 Å². The van der Waals surface area contributed by atoms with E-state index in [-0.39, 0.29) is 11.1 Å². The molecule has 0 fully saturated rings. The quantitative estimate of drug-likeness (QED) is 0.0741. The summed E-state index contributed by atoms with van der Waals surface area (Å²) in [6.45, 7) is 0. The number of ketones is 4. The van der Waals surface area contributed by atoms with E-state index < -0.39 is 108 Å². The number of halogens is 15. The zero-order valence-electron chi connectivity index (χ0n) is 24.8. The van der Waals surface area contributed by atoms with Crippen LogP contribution in [-0.2, 0) is 18.6 Å². The molecular weight excluding hydrogens is 790 g/mol. The first-order chi connectivity index (χ1) is 23.4. The fraction of sp³-hybridized carbons (Fsp3) is 0.267. The lowest BCUT2D eigenvalue weighted by atomic mass is 9.84. The molecule has 0 amide bonds. The SMILES string of the molecule is O=C(CC(=O)C(F)(F)C(F)(F)C(F)(F)F)c1cccc(-c2ccc(S(=O)(=O)Cl)cc2-c2ccccc2)c1C(=O)CC(=O)C(F)(F)C(F)(F)C(F)(F)F. The third kappa shape index (κ3) is 7.69. The fourth-order valence-corrected chi connectivity index (χ4v) is 5.26. The molecule has 3 aromatic rings. The maximum atomic E-state index is 14.2. The van der Waals surface area contributed by atoms with E-state index in [1.165, 1.54) is 30.3 Å². The molecule has 0 aliphatic rings. The van der Waals surface area contributed by atoms with Crippen LogP contribution in [0.4, 0.5) is 61.5 Å². The molecule has 0 bridgehead atoms. The Morgan fingerprint density at radius 1 is 0.538 bits per heavy atom. The van der Waals surface area contributed by atoms with Crippen LogP contribution in [0.2, 0.25) is 0 Å². The van der Waals surface area contributed by atoms with Crippen LogP contribution >= 0.6 is 10.7 Å². The van der Waals surface area contributed by atoms with E-state index >= 15 is 0 Å². The lowest BCUT2D eigenvalue weighted by molar-refractivity contribution is -0.343. The molecule has 3 rings (SSSR count). The summed E-state index contributed by atoms with van der Waals surface area (Å²) < 4.78 is 211. The second-order valence-electron chi connectivity index (χ2n) is 10.6. The highest BCUT2D eigenvalue weighted by molar-refractivity contribution is 8.13. The van der Waals surface area contributed by atoms with Gasteiger partial charge in [-0.05, 0) is 34.4 Å². The summed E-state index contributed by atoms with van der Waals surface area (Å²) in [5, 5.41) is 0. The van der Waals surface area contributed by atoms with Gasteiger partial charge in [-0.1, -0.05) is 54.6 Å². The second-order valence-corrected chi connectivity index (χ2v) is 13.1. The first-order valence-electron chi connectivity index (χ1n) is 13.5. The van der Waals surface area contributed by atoms with Crippen molar-refractivity contribution in [3.8, 4) is 22.3 Å². The largest absolute Gasteiger partial charge is 0.460 e. The van der Waals surface area contributed by atoms with Gasteiger partial charge in [0.05, 0.1) is 17.7 Å². The zero-order valence-corrected chi connectivity index (χ0v) is 26.4. The lowest BCUT2D eigenvalue weighted by Gasteiger charge is -2.27. The number of alkyl halides is 14. The molecule has 0 heterocycles. The van der Waals surface area contributed by atoms with Gasteiger partial charge in [0.15, 0.2) is 11.6 Å². The predicted molar refractivity (Wildman–Crippen MR) is 150 cm³/mol. The van der Waals surface area contributed by atoms with E-state index in [9.17, 15) is 89.1 Å². The molecule has 52 heavy (non-hydrogen) atoms. The van der Waals surface area contributed by atoms with Gasteiger partial charge in [-0.2, -0.15) is 61.5 Å². The van der Waals surface area contributed by atoms with Crippen molar-refractivity contribution in [1.29, 1.82) is 0 Å². The van der Waals surface area contributed by atoms with Crippen molar-refractivity contribution in [3.63, 3.8) is 0 Å². The topological polar surface area (TPSA) is 102 Å². The van der Waals surface area contributed by atoms with Gasteiger partial charge in [-0.3, -0.25) is 19.2 Å². The Balaban J connectivity index is 2.33. The molecule has 282 valence electrons. The number of hydrogen-bond donors (Lipinski definition) is 0. The Morgan fingerprint density at radius 3 is 1.44 bits per heavy atom. The van der Waals surface area contributed by atoms with E-state index in [4.69, 9.17) is 10.7 Å². The molecule has 3 aromatic carbocycles. The normalized spacial score (nSPS) is 13.5. The molecule has 0 saturated carbocycles. The first kappa shape index (κ1) is 42.0. The Morgan fingerprint density at radius 2 is 1.00 bits per heavy atom. The van der Waals surface area contributed by atoms with Gasteiger partial charge in [0.25, 0.3) is 9.05 Å². The highest BCUT2D eigenvalue weighted by Gasteiger charge is 2.77. The van der Waals surface area contributed by atoms with Crippen molar-refractivity contribution in [3.05, 3.63) is 77.9 Å². The third-order valence-electron chi connectivity index (χ3n) is 7.13. The Bertz CT molecular complexity index is 2030. The maximum absolute atomic E-state index is 14.2. The van der Waals surface area contributed by atoms with Crippen molar-refractivity contribution < 1.29 is 89.1 Å². The van der Waals surface area contributed by atoms with Crippen LogP contribution in [0.3, 0.4) is 0 Å². The molecule has 0 N–H and O–H groups in total. The summed E-state index contributed by atoms with van der Waals surface area (Å²) in [5.74, 6) is -38.8. The minimum atomic E-state index is -7.10. The van der Waals surface area contributed by atoms with E-state index in [0.29, 0.717) is 12.1 Å². The Kier molecular flexibility index (Phi) is 11.2. The van der Waals surface area contributed by atoms with Crippen LogP contribution in [0.25, 0.3) is 22.3 Å². The second kappa shape index (κ2) is 13.9. The van der Waals surface area contributed by atoms with Gasteiger partial charge in [-0.15, -0.1) is 0 Å². The van der Waals surface area contributed by atoms with E-state index in [1.54, 1.807) is 0 Å². The van der Waals surface area contributed by atoms with Crippen LogP contribution in [0.15, 0.2) is 71.6 Å². The van der Waals surface area contributed by atoms with Crippen LogP contribution in [0, 0.1) is 0 Å². The molecule has 0 aliphatic carbocycles. The van der Waals surface area contributed by atoms with Gasteiger partial charge in [0.2, 0.25) is 11.6 Å². The van der Waals surface area contributed by atoms with Gasteiger partial charge < -0.3 is 0 Å². The highest BCUT2D eigenvalue weighted by atomic mass is 35.7. The number of benzene rings is 3. The smallest absolute Gasteiger partial charge is 0.294 e. The van der Waals surface area contributed by atoms with Crippen molar-refractivity contribution >= 4 is 42.9 Å². The summed E-state index contributed by atoms with van der Waals surface area (Å²) >= 11 is 0. The average molecular weight is 805 g/mol. The number of carbonyl (C=O) groups is 4. The van der Waals surface area contributed by atoms with Crippen molar-refractivity contribution in [1.82, 2.24) is 0 Å². The maximum Gasteiger partial charge on any atom is 0.460 e. The summed E-state index contributed by atoms with van der Waals surface area (Å²) in [6.07, 6.45) is -19.3. The van der Waals surface area contributed by atoms with Gasteiger partial charge in [0, 0.05) is 21.8 Å². The van der Waals surface area contributed by atoms with E-state index in [2.05, 4.69) is 0 Å². The molecule has 0 radical (unpaired) electrons. The molecule has 0 atom stereocenters. The number of rotatable bonds is 13. The number of carbonyl (C=O) groups excluding carboxylic acids is 4. The van der Waals surface area contributed by atoms with Crippen LogP contribution < -0.4 is 0 Å². The van der Waals surface area contributed by atoms with Crippen LogP contribution in [0.5, 0.6) is 0 Å². The van der Waals surface area contributed by atoms with Crippen molar-refractivity contribution in [2.75, 3.05) is 0 Å². The van der Waals surface area contributed by atoms with E-state index in [0.717, 1.165) is 24.3 Å². The van der Waals surface area contributed by atoms with Gasteiger partial charge in [-0.25, -0.2) is 8.42 Å². The van der Waals surface area contributed by atoms with E-state index in [1.807, 2.05) is 0 Å². The molecule has 0 aliphatic heterocycles. The average Bonchev–Trinajstić information content (AvgIpc) is 3.02. The van der Waals surface area contributed by atoms with Crippen LogP contribution in [0.1, 0.15) is 33.6 Å². The summed E-state index contributed by atoms with van der Waals surface area (Å²) in [7, 11) is 0.807. The summed E-state index contributed by atoms with van der Waals surface area (Å²) in [4.78, 5) is 50.0. The molecule has 0 unspecified atom stereocenters. The fourth-order valence-electron chi connectivity index (χ4n) is 4.48. The zero-order chi connectivity index (χ0) is 40.0. The molecule has 6 nitrogen and oxygen atoms in total. The molecule has 0 saturated heterocycles.